The lowest BCUT2D eigenvalue weighted by Gasteiger charge is -2.15. The van der Waals surface area contributed by atoms with Gasteiger partial charge >= 0.3 is 0 Å². The van der Waals surface area contributed by atoms with Gasteiger partial charge in [0.05, 0.1) is 27.5 Å². The van der Waals surface area contributed by atoms with Gasteiger partial charge in [-0.05, 0) is 37.6 Å². The quantitative estimate of drug-likeness (QED) is 0.638. The van der Waals surface area contributed by atoms with Crippen LogP contribution >= 0.6 is 0 Å². The Balaban J connectivity index is 2.78. The largest absolute Gasteiger partial charge is 0.496 e. The third-order valence-electron chi connectivity index (χ3n) is 3.10. The number of benzene rings is 1. The van der Waals surface area contributed by atoms with Gasteiger partial charge in [0, 0.05) is 12.5 Å². The van der Waals surface area contributed by atoms with Crippen molar-refractivity contribution < 1.29 is 18.6 Å². The van der Waals surface area contributed by atoms with E-state index in [1.807, 2.05) is 12.1 Å². The van der Waals surface area contributed by atoms with E-state index in [2.05, 4.69) is 12.2 Å². The highest BCUT2D eigenvalue weighted by atomic mass is 19.1. The van der Waals surface area contributed by atoms with Gasteiger partial charge in [0.25, 0.3) is 0 Å². The average Bonchev–Trinajstić information content (AvgIpc) is 2.52. The summed E-state index contributed by atoms with van der Waals surface area (Å²) in [5, 5.41) is 3.36. The Morgan fingerprint density at radius 2 is 1.81 bits per heavy atom. The zero-order chi connectivity index (χ0) is 15.5. The number of ether oxygens (including phenoxy) is 3. The number of nitrogens with one attached hydrogen (secondary N) is 1. The van der Waals surface area contributed by atoms with Gasteiger partial charge in [-0.1, -0.05) is 6.92 Å². The Hall–Kier alpha value is -1.49. The number of halogens is 1. The first-order valence-corrected chi connectivity index (χ1v) is 7.41. The number of methoxy groups -OCH3 is 2. The van der Waals surface area contributed by atoms with Crippen LogP contribution in [0, 0.1) is 0 Å². The van der Waals surface area contributed by atoms with Crippen molar-refractivity contribution in [1.82, 2.24) is 5.32 Å². The van der Waals surface area contributed by atoms with Gasteiger partial charge in [-0.15, -0.1) is 0 Å². The van der Waals surface area contributed by atoms with E-state index >= 15 is 0 Å². The van der Waals surface area contributed by atoms with Crippen LogP contribution in [0.25, 0.3) is 0 Å². The van der Waals surface area contributed by atoms with Crippen LogP contribution in [-0.4, -0.2) is 40.6 Å². The van der Waals surface area contributed by atoms with E-state index in [0.717, 1.165) is 37.2 Å². The molecule has 0 aliphatic rings. The smallest absolute Gasteiger partial charge is 0.164 e. The summed E-state index contributed by atoms with van der Waals surface area (Å²) in [5.41, 5.74) is 1.07. The molecule has 0 spiro atoms. The standard InChI is InChI=1S/C16H26FNO3/c1-4-8-18-9-6-13-11-15(20-3)16(12-14(13)19-2)21-10-5-7-17/h11-12,18H,4-10H2,1-3H3. The molecule has 120 valence electrons. The molecule has 0 saturated heterocycles. The zero-order valence-corrected chi connectivity index (χ0v) is 13.2. The summed E-state index contributed by atoms with van der Waals surface area (Å²) in [5.74, 6) is 2.01. The molecule has 1 N–H and O–H groups in total. The minimum absolute atomic E-state index is 0.327. The summed E-state index contributed by atoms with van der Waals surface area (Å²) < 4.78 is 28.5. The summed E-state index contributed by atoms with van der Waals surface area (Å²) in [6.07, 6.45) is 2.33. The molecule has 5 heteroatoms. The van der Waals surface area contributed by atoms with Crippen LogP contribution in [0.1, 0.15) is 25.3 Å². The summed E-state index contributed by atoms with van der Waals surface area (Å²) >= 11 is 0. The van der Waals surface area contributed by atoms with E-state index in [-0.39, 0.29) is 6.67 Å². The van der Waals surface area contributed by atoms with E-state index in [1.165, 1.54) is 0 Å². The Kier molecular flexibility index (Phi) is 8.59. The summed E-state index contributed by atoms with van der Waals surface area (Å²) in [6.45, 7) is 3.97. The molecular formula is C16H26FNO3. The van der Waals surface area contributed by atoms with Crippen molar-refractivity contribution in [2.45, 2.75) is 26.2 Å². The highest BCUT2D eigenvalue weighted by Gasteiger charge is 2.12. The van der Waals surface area contributed by atoms with Crippen LogP contribution in [0.3, 0.4) is 0 Å². The number of rotatable bonds is 11. The normalized spacial score (nSPS) is 10.5. The maximum Gasteiger partial charge on any atom is 0.164 e. The van der Waals surface area contributed by atoms with Crippen molar-refractivity contribution in [3.05, 3.63) is 17.7 Å². The molecule has 0 heterocycles. The number of hydrogen-bond acceptors (Lipinski definition) is 4. The molecule has 0 radical (unpaired) electrons. The Bertz CT molecular complexity index is 413. The first kappa shape index (κ1) is 17.6. The highest BCUT2D eigenvalue weighted by Crippen LogP contribution is 2.35. The molecule has 1 aromatic rings. The van der Waals surface area contributed by atoms with Crippen LogP contribution in [0.5, 0.6) is 17.2 Å². The second-order valence-electron chi connectivity index (χ2n) is 4.71. The Labute approximate surface area is 126 Å². The molecule has 0 saturated carbocycles. The number of hydrogen-bond donors (Lipinski definition) is 1. The van der Waals surface area contributed by atoms with E-state index in [4.69, 9.17) is 14.2 Å². The van der Waals surface area contributed by atoms with Gasteiger partial charge in [0.2, 0.25) is 0 Å². The molecule has 4 nitrogen and oxygen atoms in total. The molecule has 1 rings (SSSR count). The maximum absolute atomic E-state index is 12.1. The molecule has 1 aromatic carbocycles. The lowest BCUT2D eigenvalue weighted by Crippen LogP contribution is -2.18. The Morgan fingerprint density at radius 3 is 2.43 bits per heavy atom. The molecule has 0 amide bonds. The van der Waals surface area contributed by atoms with Gasteiger partial charge in [0.15, 0.2) is 11.5 Å². The first-order chi connectivity index (χ1) is 10.3. The third-order valence-corrected chi connectivity index (χ3v) is 3.10. The first-order valence-electron chi connectivity index (χ1n) is 7.41. The molecule has 0 aliphatic heterocycles. The van der Waals surface area contributed by atoms with E-state index < -0.39 is 0 Å². The van der Waals surface area contributed by atoms with Crippen molar-refractivity contribution in [3.8, 4) is 17.2 Å². The predicted octanol–water partition coefficient (Wildman–Crippen LogP) is 2.98. The van der Waals surface area contributed by atoms with Gasteiger partial charge in [-0.25, -0.2) is 0 Å². The van der Waals surface area contributed by atoms with Gasteiger partial charge in [-0.2, -0.15) is 0 Å². The molecule has 0 aliphatic carbocycles. The zero-order valence-electron chi connectivity index (χ0n) is 13.2. The fourth-order valence-electron chi connectivity index (χ4n) is 2.00. The maximum atomic E-state index is 12.1. The molecule has 0 aromatic heterocycles. The molecule has 0 atom stereocenters. The van der Waals surface area contributed by atoms with Crippen LogP contribution < -0.4 is 19.5 Å². The number of alkyl halides is 1. The predicted molar refractivity (Wildman–Crippen MR) is 82.5 cm³/mol. The molecule has 21 heavy (non-hydrogen) atoms. The van der Waals surface area contributed by atoms with Gasteiger partial charge < -0.3 is 19.5 Å². The third kappa shape index (κ3) is 5.79. The van der Waals surface area contributed by atoms with Crippen LogP contribution in [0.2, 0.25) is 0 Å². The monoisotopic (exact) mass is 299 g/mol. The van der Waals surface area contributed by atoms with E-state index in [9.17, 15) is 4.39 Å². The lowest BCUT2D eigenvalue weighted by atomic mass is 10.1. The second-order valence-corrected chi connectivity index (χ2v) is 4.71. The van der Waals surface area contributed by atoms with Crippen LogP contribution in [-0.2, 0) is 6.42 Å². The van der Waals surface area contributed by atoms with Gasteiger partial charge in [-0.3, -0.25) is 4.39 Å². The molecular weight excluding hydrogens is 273 g/mol. The van der Waals surface area contributed by atoms with Gasteiger partial charge in [0.1, 0.15) is 5.75 Å². The van der Waals surface area contributed by atoms with E-state index in [0.29, 0.717) is 24.5 Å². The molecule has 0 bridgehead atoms. The SMILES string of the molecule is CCCNCCc1cc(OC)c(OCCCF)cc1OC. The van der Waals surface area contributed by atoms with Crippen molar-refractivity contribution in [2.75, 3.05) is 40.6 Å². The summed E-state index contributed by atoms with van der Waals surface area (Å²) in [6, 6.07) is 3.74. The fourth-order valence-corrected chi connectivity index (χ4v) is 2.00. The van der Waals surface area contributed by atoms with Crippen molar-refractivity contribution >= 4 is 0 Å². The van der Waals surface area contributed by atoms with Crippen molar-refractivity contribution in [2.24, 2.45) is 0 Å². The summed E-state index contributed by atoms with van der Waals surface area (Å²) in [7, 11) is 3.24. The minimum atomic E-state index is -0.388. The molecule has 0 fully saturated rings. The average molecular weight is 299 g/mol. The molecule has 0 unspecified atom stereocenters. The topological polar surface area (TPSA) is 39.7 Å². The Morgan fingerprint density at radius 1 is 1.05 bits per heavy atom. The lowest BCUT2D eigenvalue weighted by molar-refractivity contribution is 0.271. The second kappa shape index (κ2) is 10.3. The van der Waals surface area contributed by atoms with E-state index in [1.54, 1.807) is 14.2 Å². The van der Waals surface area contributed by atoms with Crippen molar-refractivity contribution in [3.63, 3.8) is 0 Å². The fraction of sp³-hybridized carbons (Fsp3) is 0.625. The highest BCUT2D eigenvalue weighted by molar-refractivity contribution is 5.50. The van der Waals surface area contributed by atoms with Crippen molar-refractivity contribution in [1.29, 1.82) is 0 Å². The van der Waals surface area contributed by atoms with Crippen LogP contribution in [0.4, 0.5) is 4.39 Å². The van der Waals surface area contributed by atoms with Crippen LogP contribution in [0.15, 0.2) is 12.1 Å². The minimum Gasteiger partial charge on any atom is -0.496 e. The summed E-state index contributed by atoms with van der Waals surface area (Å²) in [4.78, 5) is 0.